The van der Waals surface area contributed by atoms with Gasteiger partial charge in [0.1, 0.15) is 0 Å². The molecule has 0 saturated carbocycles. The van der Waals surface area contributed by atoms with E-state index in [4.69, 9.17) is 23.2 Å². The molecule has 0 fully saturated rings. The molecule has 0 atom stereocenters. The Hall–Kier alpha value is -0.280. The minimum atomic E-state index is 0.682. The molecule has 0 aliphatic heterocycles. The molecule has 0 aromatic heterocycles. The third kappa shape index (κ3) is 3.84. The van der Waals surface area contributed by atoms with Gasteiger partial charge < -0.3 is 10.6 Å². The van der Waals surface area contributed by atoms with Gasteiger partial charge in [0, 0.05) is 23.3 Å². The third-order valence-electron chi connectivity index (χ3n) is 1.89. The van der Waals surface area contributed by atoms with Crippen LogP contribution in [0.3, 0.4) is 0 Å². The standard InChI is InChI=1S/C10H14Cl2N2/c1-13-7-14-5-4-8-2-3-9(11)6-10(8)12/h2-3,6,13-14H,4-5,7H2,1H3. The average molecular weight is 233 g/mol. The lowest BCUT2D eigenvalue weighted by Crippen LogP contribution is -2.27. The summed E-state index contributed by atoms with van der Waals surface area (Å²) >= 11 is 11.8. The highest BCUT2D eigenvalue weighted by molar-refractivity contribution is 6.35. The maximum absolute atomic E-state index is 6.01. The molecule has 0 heterocycles. The van der Waals surface area contributed by atoms with Crippen molar-refractivity contribution in [1.82, 2.24) is 10.6 Å². The molecule has 0 saturated heterocycles. The number of halogens is 2. The van der Waals surface area contributed by atoms with E-state index in [9.17, 15) is 0 Å². The van der Waals surface area contributed by atoms with E-state index < -0.39 is 0 Å². The van der Waals surface area contributed by atoms with Gasteiger partial charge >= 0.3 is 0 Å². The van der Waals surface area contributed by atoms with Crippen molar-refractivity contribution in [2.24, 2.45) is 0 Å². The van der Waals surface area contributed by atoms with Crippen molar-refractivity contribution in [1.29, 1.82) is 0 Å². The van der Waals surface area contributed by atoms with Gasteiger partial charge in [-0.25, -0.2) is 0 Å². The Bertz CT molecular complexity index is 289. The fraction of sp³-hybridized carbons (Fsp3) is 0.400. The van der Waals surface area contributed by atoms with Crippen LogP contribution >= 0.6 is 23.2 Å². The summed E-state index contributed by atoms with van der Waals surface area (Å²) in [4.78, 5) is 0. The summed E-state index contributed by atoms with van der Waals surface area (Å²) in [5.74, 6) is 0. The summed E-state index contributed by atoms with van der Waals surface area (Å²) in [6, 6.07) is 5.60. The highest BCUT2D eigenvalue weighted by atomic mass is 35.5. The predicted molar refractivity (Wildman–Crippen MR) is 62.1 cm³/mol. The molecule has 14 heavy (non-hydrogen) atoms. The summed E-state index contributed by atoms with van der Waals surface area (Å²) in [7, 11) is 1.91. The Kier molecular flexibility index (Phi) is 5.26. The van der Waals surface area contributed by atoms with E-state index in [0.29, 0.717) is 5.02 Å². The second-order valence-electron chi connectivity index (χ2n) is 3.02. The highest BCUT2D eigenvalue weighted by Gasteiger charge is 2.00. The molecule has 1 aromatic rings. The van der Waals surface area contributed by atoms with Crippen LogP contribution in [-0.2, 0) is 6.42 Å². The lowest BCUT2D eigenvalue weighted by molar-refractivity contribution is 0.631. The minimum Gasteiger partial charge on any atom is -0.308 e. The summed E-state index contributed by atoms with van der Waals surface area (Å²) in [6.45, 7) is 1.72. The minimum absolute atomic E-state index is 0.682. The Morgan fingerprint density at radius 1 is 1.29 bits per heavy atom. The first-order chi connectivity index (χ1) is 6.74. The van der Waals surface area contributed by atoms with Crippen molar-refractivity contribution >= 4 is 23.2 Å². The monoisotopic (exact) mass is 232 g/mol. The van der Waals surface area contributed by atoms with Gasteiger partial charge in [-0.3, -0.25) is 0 Å². The van der Waals surface area contributed by atoms with Gasteiger partial charge in [0.15, 0.2) is 0 Å². The quantitative estimate of drug-likeness (QED) is 0.602. The smallest absolute Gasteiger partial charge is 0.0453 e. The van der Waals surface area contributed by atoms with E-state index in [0.717, 1.165) is 30.2 Å². The zero-order valence-corrected chi connectivity index (χ0v) is 9.62. The Labute approximate surface area is 94.6 Å². The largest absolute Gasteiger partial charge is 0.308 e. The van der Waals surface area contributed by atoms with Gasteiger partial charge in [0.2, 0.25) is 0 Å². The molecule has 78 valence electrons. The van der Waals surface area contributed by atoms with Crippen molar-refractivity contribution < 1.29 is 0 Å². The van der Waals surface area contributed by atoms with E-state index >= 15 is 0 Å². The molecular weight excluding hydrogens is 219 g/mol. The van der Waals surface area contributed by atoms with Crippen LogP contribution in [0.5, 0.6) is 0 Å². The van der Waals surface area contributed by atoms with Crippen molar-refractivity contribution in [2.75, 3.05) is 20.3 Å². The van der Waals surface area contributed by atoms with Crippen LogP contribution in [0.2, 0.25) is 10.0 Å². The topological polar surface area (TPSA) is 24.1 Å². The van der Waals surface area contributed by atoms with Crippen LogP contribution in [0.25, 0.3) is 0 Å². The lowest BCUT2D eigenvalue weighted by Gasteiger charge is -2.05. The van der Waals surface area contributed by atoms with E-state index in [-0.39, 0.29) is 0 Å². The summed E-state index contributed by atoms with van der Waals surface area (Å²) in [5, 5.41) is 7.66. The average Bonchev–Trinajstić information content (AvgIpc) is 2.15. The van der Waals surface area contributed by atoms with Crippen molar-refractivity contribution in [3.63, 3.8) is 0 Å². The van der Waals surface area contributed by atoms with Crippen LogP contribution in [0, 0.1) is 0 Å². The lowest BCUT2D eigenvalue weighted by atomic mass is 10.1. The van der Waals surface area contributed by atoms with E-state index in [1.807, 2.05) is 19.2 Å². The SMILES string of the molecule is CNCNCCc1ccc(Cl)cc1Cl. The first-order valence-electron chi connectivity index (χ1n) is 4.53. The van der Waals surface area contributed by atoms with E-state index in [2.05, 4.69) is 10.6 Å². The Balaban J connectivity index is 2.42. The molecular formula is C10H14Cl2N2. The van der Waals surface area contributed by atoms with Gasteiger partial charge in [-0.15, -0.1) is 0 Å². The summed E-state index contributed by atoms with van der Waals surface area (Å²) in [6.07, 6.45) is 0.914. The van der Waals surface area contributed by atoms with Crippen LogP contribution in [0.1, 0.15) is 5.56 Å². The highest BCUT2D eigenvalue weighted by Crippen LogP contribution is 2.20. The zero-order chi connectivity index (χ0) is 10.4. The molecule has 0 unspecified atom stereocenters. The van der Waals surface area contributed by atoms with Crippen molar-refractivity contribution in [2.45, 2.75) is 6.42 Å². The van der Waals surface area contributed by atoms with Gasteiger partial charge in [0.05, 0.1) is 0 Å². The predicted octanol–water partition coefficient (Wildman–Crippen LogP) is 2.30. The molecule has 1 aromatic carbocycles. The summed E-state index contributed by atoms with van der Waals surface area (Å²) < 4.78 is 0. The molecule has 0 aliphatic rings. The second-order valence-corrected chi connectivity index (χ2v) is 3.86. The normalized spacial score (nSPS) is 10.5. The van der Waals surface area contributed by atoms with Crippen LogP contribution < -0.4 is 10.6 Å². The fourth-order valence-corrected chi connectivity index (χ4v) is 1.66. The third-order valence-corrected chi connectivity index (χ3v) is 2.47. The fourth-order valence-electron chi connectivity index (χ4n) is 1.16. The molecule has 0 bridgehead atoms. The number of nitrogens with one attached hydrogen (secondary N) is 2. The van der Waals surface area contributed by atoms with Gasteiger partial charge in [-0.1, -0.05) is 29.3 Å². The molecule has 2 N–H and O–H groups in total. The van der Waals surface area contributed by atoms with Gasteiger partial charge in [-0.05, 0) is 31.2 Å². The number of hydrogen-bond donors (Lipinski definition) is 2. The maximum atomic E-state index is 6.01. The zero-order valence-electron chi connectivity index (χ0n) is 8.11. The molecule has 0 spiro atoms. The Morgan fingerprint density at radius 2 is 2.07 bits per heavy atom. The molecule has 2 nitrogen and oxygen atoms in total. The molecule has 1 rings (SSSR count). The first-order valence-corrected chi connectivity index (χ1v) is 5.29. The van der Waals surface area contributed by atoms with Crippen molar-refractivity contribution in [3.05, 3.63) is 33.8 Å². The Morgan fingerprint density at radius 3 is 2.71 bits per heavy atom. The number of rotatable bonds is 5. The molecule has 4 heteroatoms. The first kappa shape index (κ1) is 11.8. The maximum Gasteiger partial charge on any atom is 0.0453 e. The number of hydrogen-bond acceptors (Lipinski definition) is 2. The van der Waals surface area contributed by atoms with Crippen molar-refractivity contribution in [3.8, 4) is 0 Å². The number of benzene rings is 1. The van der Waals surface area contributed by atoms with Gasteiger partial charge in [0.25, 0.3) is 0 Å². The molecule has 0 radical (unpaired) electrons. The van der Waals surface area contributed by atoms with E-state index in [1.165, 1.54) is 0 Å². The van der Waals surface area contributed by atoms with Crippen LogP contribution in [0.15, 0.2) is 18.2 Å². The van der Waals surface area contributed by atoms with Crippen LogP contribution in [-0.4, -0.2) is 20.3 Å². The summed E-state index contributed by atoms with van der Waals surface area (Å²) in [5.41, 5.74) is 1.12. The molecule has 0 aliphatic carbocycles. The van der Waals surface area contributed by atoms with Crippen LogP contribution in [0.4, 0.5) is 0 Å². The van der Waals surface area contributed by atoms with E-state index in [1.54, 1.807) is 6.07 Å². The molecule has 0 amide bonds. The van der Waals surface area contributed by atoms with Gasteiger partial charge in [-0.2, -0.15) is 0 Å². The second kappa shape index (κ2) is 6.25.